The van der Waals surface area contributed by atoms with E-state index in [1.54, 1.807) is 0 Å². The van der Waals surface area contributed by atoms with Crippen LogP contribution in [0.1, 0.15) is 6.42 Å². The van der Waals surface area contributed by atoms with Gasteiger partial charge in [0.25, 0.3) is 0 Å². The molecule has 0 spiro atoms. The SMILES string of the molecule is C=CCC(O)C(=O)OC(=O)C(=C)C#N. The van der Waals surface area contributed by atoms with Crippen molar-refractivity contribution in [3.8, 4) is 6.07 Å². The van der Waals surface area contributed by atoms with Crippen LogP contribution in [0.2, 0.25) is 0 Å². The summed E-state index contributed by atoms with van der Waals surface area (Å²) in [5.74, 6) is -2.27. The summed E-state index contributed by atoms with van der Waals surface area (Å²) in [6.45, 7) is 6.33. The highest BCUT2D eigenvalue weighted by Crippen LogP contribution is 1.99. The highest BCUT2D eigenvalue weighted by Gasteiger charge is 2.20. The first-order valence-electron chi connectivity index (χ1n) is 3.67. The number of nitrogens with zero attached hydrogens (tertiary/aromatic N) is 1. The van der Waals surface area contributed by atoms with Crippen molar-refractivity contribution in [1.82, 2.24) is 0 Å². The molecule has 0 aromatic carbocycles. The lowest BCUT2D eigenvalue weighted by Gasteiger charge is -2.05. The zero-order valence-electron chi connectivity index (χ0n) is 7.40. The number of hydrogen-bond acceptors (Lipinski definition) is 5. The fourth-order valence-electron chi connectivity index (χ4n) is 0.521. The second-order valence-electron chi connectivity index (χ2n) is 2.34. The number of aliphatic hydroxyl groups is 1. The molecule has 0 aliphatic carbocycles. The summed E-state index contributed by atoms with van der Waals surface area (Å²) in [6.07, 6.45) is -0.163. The molecule has 0 saturated carbocycles. The van der Waals surface area contributed by atoms with Gasteiger partial charge in [-0.05, 0) is 0 Å². The topological polar surface area (TPSA) is 87.4 Å². The summed E-state index contributed by atoms with van der Waals surface area (Å²) in [5.41, 5.74) is -0.496. The maximum Gasteiger partial charge on any atom is 0.355 e. The molecule has 0 saturated heterocycles. The lowest BCUT2D eigenvalue weighted by atomic mass is 10.2. The van der Waals surface area contributed by atoms with Crippen molar-refractivity contribution in [3.63, 3.8) is 0 Å². The summed E-state index contributed by atoms with van der Waals surface area (Å²) in [5, 5.41) is 17.2. The standard InChI is InChI=1S/C9H9NO4/c1-3-4-7(11)9(13)14-8(12)6(2)5-10/h3,7,11H,1-2,4H2. The average molecular weight is 195 g/mol. The summed E-state index contributed by atoms with van der Waals surface area (Å²) < 4.78 is 4.12. The van der Waals surface area contributed by atoms with E-state index in [-0.39, 0.29) is 6.42 Å². The van der Waals surface area contributed by atoms with Gasteiger partial charge in [0.15, 0.2) is 6.10 Å². The minimum Gasteiger partial charge on any atom is -0.387 e. The molecule has 5 nitrogen and oxygen atoms in total. The van der Waals surface area contributed by atoms with Crippen molar-refractivity contribution in [2.75, 3.05) is 0 Å². The molecule has 1 atom stereocenters. The van der Waals surface area contributed by atoms with Crippen LogP contribution in [0.5, 0.6) is 0 Å². The summed E-state index contributed by atoms with van der Waals surface area (Å²) in [6, 6.07) is 1.42. The van der Waals surface area contributed by atoms with Crippen molar-refractivity contribution in [3.05, 3.63) is 24.8 Å². The number of rotatable bonds is 4. The molecule has 0 fully saturated rings. The average Bonchev–Trinajstić information content (AvgIpc) is 2.16. The molecule has 0 aliphatic heterocycles. The lowest BCUT2D eigenvalue weighted by Crippen LogP contribution is -2.25. The Labute approximate surface area is 80.9 Å². The molecular formula is C9H9NO4. The minimum atomic E-state index is -1.44. The van der Waals surface area contributed by atoms with Crippen molar-refractivity contribution < 1.29 is 19.4 Å². The molecule has 1 unspecified atom stereocenters. The van der Waals surface area contributed by atoms with Crippen LogP contribution in [0.4, 0.5) is 0 Å². The summed E-state index contributed by atoms with van der Waals surface area (Å²) >= 11 is 0. The zero-order valence-corrected chi connectivity index (χ0v) is 7.40. The van der Waals surface area contributed by atoms with E-state index in [4.69, 9.17) is 10.4 Å². The Bertz CT molecular complexity index is 313. The molecular weight excluding hydrogens is 186 g/mol. The number of esters is 2. The number of hydrogen-bond donors (Lipinski definition) is 1. The van der Waals surface area contributed by atoms with Gasteiger partial charge >= 0.3 is 11.9 Å². The molecule has 0 bridgehead atoms. The maximum atomic E-state index is 10.9. The van der Waals surface area contributed by atoms with E-state index in [2.05, 4.69) is 17.9 Å². The van der Waals surface area contributed by atoms with Crippen LogP contribution in [-0.2, 0) is 14.3 Å². The predicted molar refractivity (Wildman–Crippen MR) is 46.7 cm³/mol. The Morgan fingerprint density at radius 3 is 2.64 bits per heavy atom. The smallest absolute Gasteiger partial charge is 0.355 e. The Kier molecular flexibility index (Phi) is 4.89. The van der Waals surface area contributed by atoms with Gasteiger partial charge in [-0.25, -0.2) is 9.59 Å². The molecule has 14 heavy (non-hydrogen) atoms. The third-order valence-corrected chi connectivity index (χ3v) is 1.24. The quantitative estimate of drug-likeness (QED) is 0.225. The van der Waals surface area contributed by atoms with Crippen LogP contribution in [-0.4, -0.2) is 23.1 Å². The van der Waals surface area contributed by atoms with Crippen LogP contribution in [0, 0.1) is 11.3 Å². The number of carbonyl (C=O) groups excluding carboxylic acids is 2. The zero-order chi connectivity index (χ0) is 11.1. The molecule has 1 N–H and O–H groups in total. The van der Waals surface area contributed by atoms with E-state index in [1.807, 2.05) is 0 Å². The second kappa shape index (κ2) is 5.67. The van der Waals surface area contributed by atoms with Gasteiger partial charge in [-0.3, -0.25) is 0 Å². The Balaban J connectivity index is 4.20. The van der Waals surface area contributed by atoms with E-state index in [1.165, 1.54) is 12.1 Å². The molecule has 0 aromatic heterocycles. The van der Waals surface area contributed by atoms with Crippen molar-refractivity contribution in [1.29, 1.82) is 5.26 Å². The van der Waals surface area contributed by atoms with Crippen molar-refractivity contribution in [2.45, 2.75) is 12.5 Å². The van der Waals surface area contributed by atoms with Crippen LogP contribution < -0.4 is 0 Å². The summed E-state index contributed by atoms with van der Waals surface area (Å²) in [7, 11) is 0. The van der Waals surface area contributed by atoms with Gasteiger partial charge in [0, 0.05) is 6.42 Å². The fraction of sp³-hybridized carbons (Fsp3) is 0.222. The first kappa shape index (κ1) is 12.1. The number of ether oxygens (including phenoxy) is 1. The number of carbonyl (C=O) groups is 2. The Hall–Kier alpha value is -1.93. The van der Waals surface area contributed by atoms with E-state index < -0.39 is 23.6 Å². The third kappa shape index (κ3) is 3.65. The monoisotopic (exact) mass is 195 g/mol. The van der Waals surface area contributed by atoms with Gasteiger partial charge in [-0.1, -0.05) is 12.7 Å². The van der Waals surface area contributed by atoms with Crippen LogP contribution in [0.15, 0.2) is 24.8 Å². The Morgan fingerprint density at radius 1 is 1.64 bits per heavy atom. The van der Waals surface area contributed by atoms with Gasteiger partial charge in [0.1, 0.15) is 11.6 Å². The minimum absolute atomic E-state index is 0.0227. The molecule has 0 aliphatic rings. The van der Waals surface area contributed by atoms with Crippen molar-refractivity contribution in [2.24, 2.45) is 0 Å². The Morgan fingerprint density at radius 2 is 2.21 bits per heavy atom. The van der Waals surface area contributed by atoms with Crippen LogP contribution in [0.25, 0.3) is 0 Å². The van der Waals surface area contributed by atoms with Crippen LogP contribution >= 0.6 is 0 Å². The van der Waals surface area contributed by atoms with Gasteiger partial charge in [0.2, 0.25) is 0 Å². The number of aliphatic hydroxyl groups excluding tert-OH is 1. The first-order valence-corrected chi connectivity index (χ1v) is 3.67. The van der Waals surface area contributed by atoms with Gasteiger partial charge in [-0.2, -0.15) is 5.26 Å². The normalized spacial score (nSPS) is 10.9. The molecule has 0 radical (unpaired) electrons. The van der Waals surface area contributed by atoms with Crippen LogP contribution in [0.3, 0.4) is 0 Å². The molecule has 5 heteroatoms. The number of nitriles is 1. The predicted octanol–water partition coefficient (Wildman–Crippen LogP) is 0.0730. The van der Waals surface area contributed by atoms with Crippen molar-refractivity contribution >= 4 is 11.9 Å². The molecule has 74 valence electrons. The summed E-state index contributed by atoms with van der Waals surface area (Å²) in [4.78, 5) is 21.7. The third-order valence-electron chi connectivity index (χ3n) is 1.24. The van der Waals surface area contributed by atoms with E-state index in [0.717, 1.165) is 0 Å². The highest BCUT2D eigenvalue weighted by molar-refractivity contribution is 5.99. The molecule has 0 rings (SSSR count). The molecule has 0 heterocycles. The largest absolute Gasteiger partial charge is 0.387 e. The maximum absolute atomic E-state index is 10.9. The molecule has 0 aromatic rings. The van der Waals surface area contributed by atoms with E-state index in [0.29, 0.717) is 0 Å². The van der Waals surface area contributed by atoms with Gasteiger partial charge < -0.3 is 9.84 Å². The van der Waals surface area contributed by atoms with E-state index >= 15 is 0 Å². The van der Waals surface area contributed by atoms with E-state index in [9.17, 15) is 9.59 Å². The molecule has 0 amide bonds. The lowest BCUT2D eigenvalue weighted by molar-refractivity contribution is -0.163. The van der Waals surface area contributed by atoms with Gasteiger partial charge in [0.05, 0.1) is 0 Å². The fourth-order valence-corrected chi connectivity index (χ4v) is 0.521. The second-order valence-corrected chi connectivity index (χ2v) is 2.34. The van der Waals surface area contributed by atoms with Gasteiger partial charge in [-0.15, -0.1) is 6.58 Å². The first-order chi connectivity index (χ1) is 6.52. The highest BCUT2D eigenvalue weighted by atomic mass is 16.6.